The number of hydrogen-bond donors (Lipinski definition) is 1. The molecule has 0 atom stereocenters. The SMILES string of the molecule is Cn1nccc1C(=O)n1cc(N)c2ccccc21. The van der Waals surface area contributed by atoms with Gasteiger partial charge in [-0.25, -0.2) is 0 Å². The lowest BCUT2D eigenvalue weighted by Crippen LogP contribution is -2.15. The average molecular weight is 240 g/mol. The van der Waals surface area contributed by atoms with Gasteiger partial charge >= 0.3 is 0 Å². The molecule has 3 rings (SSSR count). The van der Waals surface area contributed by atoms with Gasteiger partial charge in [0, 0.05) is 24.8 Å². The van der Waals surface area contributed by atoms with Crippen molar-refractivity contribution in [2.75, 3.05) is 5.73 Å². The summed E-state index contributed by atoms with van der Waals surface area (Å²) < 4.78 is 3.11. The molecular weight excluding hydrogens is 228 g/mol. The van der Waals surface area contributed by atoms with Crippen LogP contribution in [0.1, 0.15) is 10.5 Å². The highest BCUT2D eigenvalue weighted by Crippen LogP contribution is 2.23. The molecule has 0 bridgehead atoms. The van der Waals surface area contributed by atoms with Crippen molar-refractivity contribution in [3.05, 3.63) is 48.4 Å². The minimum Gasteiger partial charge on any atom is -0.397 e. The van der Waals surface area contributed by atoms with Crippen LogP contribution in [0.15, 0.2) is 42.7 Å². The Hall–Kier alpha value is -2.56. The van der Waals surface area contributed by atoms with Crippen LogP contribution in [0.2, 0.25) is 0 Å². The lowest BCUT2D eigenvalue weighted by atomic mass is 10.2. The highest BCUT2D eigenvalue weighted by Gasteiger charge is 2.16. The summed E-state index contributed by atoms with van der Waals surface area (Å²) in [5, 5.41) is 4.88. The van der Waals surface area contributed by atoms with Crippen LogP contribution < -0.4 is 5.73 Å². The summed E-state index contributed by atoms with van der Waals surface area (Å²) in [5.41, 5.74) is 7.84. The van der Waals surface area contributed by atoms with Crippen LogP contribution in [0.5, 0.6) is 0 Å². The van der Waals surface area contributed by atoms with Gasteiger partial charge in [-0.3, -0.25) is 14.0 Å². The zero-order valence-corrected chi connectivity index (χ0v) is 9.87. The van der Waals surface area contributed by atoms with Crippen LogP contribution in [-0.4, -0.2) is 20.3 Å². The van der Waals surface area contributed by atoms with Crippen LogP contribution >= 0.6 is 0 Å². The van der Waals surface area contributed by atoms with Gasteiger partial charge in [-0.05, 0) is 12.1 Å². The number of fused-ring (bicyclic) bond motifs is 1. The zero-order chi connectivity index (χ0) is 12.7. The van der Waals surface area contributed by atoms with Gasteiger partial charge in [0.05, 0.1) is 11.2 Å². The van der Waals surface area contributed by atoms with E-state index in [4.69, 9.17) is 5.73 Å². The van der Waals surface area contributed by atoms with Crippen molar-refractivity contribution >= 4 is 22.5 Å². The van der Waals surface area contributed by atoms with Crippen LogP contribution in [0, 0.1) is 0 Å². The highest BCUT2D eigenvalue weighted by atomic mass is 16.2. The second-order valence-corrected chi connectivity index (χ2v) is 4.12. The number of carbonyl (C=O) groups excluding carboxylic acids is 1. The number of hydrogen-bond acceptors (Lipinski definition) is 3. The molecule has 0 radical (unpaired) electrons. The molecule has 2 N–H and O–H groups in total. The van der Waals surface area contributed by atoms with Gasteiger partial charge in [-0.2, -0.15) is 5.10 Å². The molecule has 5 heteroatoms. The smallest absolute Gasteiger partial charge is 0.280 e. The summed E-state index contributed by atoms with van der Waals surface area (Å²) in [7, 11) is 1.74. The van der Waals surface area contributed by atoms with Gasteiger partial charge in [0.2, 0.25) is 0 Å². The lowest BCUT2D eigenvalue weighted by molar-refractivity contribution is 0.0956. The number of aromatic nitrogens is 3. The zero-order valence-electron chi connectivity index (χ0n) is 9.87. The van der Waals surface area contributed by atoms with Crippen molar-refractivity contribution in [2.24, 2.45) is 7.05 Å². The Morgan fingerprint density at radius 2 is 2.06 bits per heavy atom. The number of rotatable bonds is 1. The molecule has 3 aromatic rings. The van der Waals surface area contributed by atoms with Gasteiger partial charge in [0.1, 0.15) is 5.69 Å². The fraction of sp³-hybridized carbons (Fsp3) is 0.0769. The molecule has 0 saturated carbocycles. The number of nitrogens with zero attached hydrogens (tertiary/aromatic N) is 3. The van der Waals surface area contributed by atoms with E-state index in [1.165, 1.54) is 0 Å². The van der Waals surface area contributed by atoms with Crippen molar-refractivity contribution < 1.29 is 4.79 Å². The van der Waals surface area contributed by atoms with Crippen molar-refractivity contribution in [3.63, 3.8) is 0 Å². The molecule has 0 saturated heterocycles. The molecule has 0 aliphatic heterocycles. The Labute approximate surface area is 103 Å². The molecule has 0 spiro atoms. The Balaban J connectivity index is 2.21. The van der Waals surface area contributed by atoms with Crippen LogP contribution in [0.3, 0.4) is 0 Å². The third-order valence-electron chi connectivity index (χ3n) is 3.00. The standard InChI is InChI=1S/C13H12N4O/c1-16-12(6-7-15-16)13(18)17-8-10(14)9-4-2-3-5-11(9)17/h2-8H,14H2,1H3. The highest BCUT2D eigenvalue weighted by molar-refractivity contribution is 6.04. The summed E-state index contributed by atoms with van der Waals surface area (Å²) in [6.45, 7) is 0. The maximum atomic E-state index is 12.4. The third kappa shape index (κ3) is 1.41. The first-order valence-electron chi connectivity index (χ1n) is 5.57. The first-order chi connectivity index (χ1) is 8.68. The molecule has 2 aromatic heterocycles. The van der Waals surface area contributed by atoms with Crippen molar-refractivity contribution in [2.45, 2.75) is 0 Å². The van der Waals surface area contributed by atoms with E-state index in [1.54, 1.807) is 34.8 Å². The predicted molar refractivity (Wildman–Crippen MR) is 69.3 cm³/mol. The van der Waals surface area contributed by atoms with E-state index in [9.17, 15) is 4.79 Å². The van der Waals surface area contributed by atoms with Crippen LogP contribution in [-0.2, 0) is 7.05 Å². The number of nitrogen functional groups attached to an aromatic ring is 1. The number of benzene rings is 1. The predicted octanol–water partition coefficient (Wildman–Crippen LogP) is 1.65. The number of anilines is 1. The first-order valence-corrected chi connectivity index (χ1v) is 5.57. The Bertz CT molecular complexity index is 738. The maximum Gasteiger partial charge on any atom is 0.280 e. The molecule has 0 aliphatic carbocycles. The monoisotopic (exact) mass is 240 g/mol. The summed E-state index contributed by atoms with van der Waals surface area (Å²) in [6, 6.07) is 9.25. The number of nitrogens with two attached hydrogens (primary N) is 1. The quantitative estimate of drug-likeness (QED) is 0.703. The van der Waals surface area contributed by atoms with E-state index in [0.29, 0.717) is 11.4 Å². The Morgan fingerprint density at radius 1 is 1.28 bits per heavy atom. The fourth-order valence-electron chi connectivity index (χ4n) is 2.08. The minimum atomic E-state index is -0.136. The third-order valence-corrected chi connectivity index (χ3v) is 3.00. The van der Waals surface area contributed by atoms with E-state index in [-0.39, 0.29) is 5.91 Å². The first kappa shape index (κ1) is 10.6. The Morgan fingerprint density at radius 3 is 2.78 bits per heavy atom. The van der Waals surface area contributed by atoms with E-state index >= 15 is 0 Å². The van der Waals surface area contributed by atoms with Crippen molar-refractivity contribution in [1.82, 2.24) is 14.3 Å². The van der Waals surface area contributed by atoms with Gasteiger partial charge in [0.25, 0.3) is 5.91 Å². The van der Waals surface area contributed by atoms with E-state index in [1.807, 2.05) is 24.3 Å². The number of aryl methyl sites for hydroxylation is 1. The second kappa shape index (κ2) is 3.73. The fourth-order valence-corrected chi connectivity index (χ4v) is 2.08. The van der Waals surface area contributed by atoms with Crippen molar-refractivity contribution in [1.29, 1.82) is 0 Å². The molecule has 0 amide bonds. The molecule has 18 heavy (non-hydrogen) atoms. The number of carbonyl (C=O) groups is 1. The van der Waals surface area contributed by atoms with Crippen LogP contribution in [0.25, 0.3) is 10.9 Å². The minimum absolute atomic E-state index is 0.136. The summed E-state index contributed by atoms with van der Waals surface area (Å²) in [4.78, 5) is 12.4. The van der Waals surface area contributed by atoms with Gasteiger partial charge in [0.15, 0.2) is 0 Å². The van der Waals surface area contributed by atoms with E-state index < -0.39 is 0 Å². The molecule has 5 nitrogen and oxygen atoms in total. The largest absolute Gasteiger partial charge is 0.397 e. The molecule has 2 heterocycles. The van der Waals surface area contributed by atoms with Gasteiger partial charge in [-0.1, -0.05) is 18.2 Å². The summed E-state index contributed by atoms with van der Waals surface area (Å²) in [5.74, 6) is -0.136. The topological polar surface area (TPSA) is 65.8 Å². The maximum absolute atomic E-state index is 12.4. The molecule has 0 unspecified atom stereocenters. The number of para-hydroxylation sites is 1. The summed E-state index contributed by atoms with van der Waals surface area (Å²) >= 11 is 0. The lowest BCUT2D eigenvalue weighted by Gasteiger charge is -2.03. The Kier molecular flexibility index (Phi) is 2.19. The van der Waals surface area contributed by atoms with E-state index in [2.05, 4.69) is 5.10 Å². The molecule has 0 aliphatic rings. The van der Waals surface area contributed by atoms with Crippen molar-refractivity contribution in [3.8, 4) is 0 Å². The molecular formula is C13H12N4O. The molecule has 0 fully saturated rings. The van der Waals surface area contributed by atoms with Gasteiger partial charge < -0.3 is 5.73 Å². The van der Waals surface area contributed by atoms with Crippen LogP contribution in [0.4, 0.5) is 5.69 Å². The molecule has 1 aromatic carbocycles. The van der Waals surface area contributed by atoms with Gasteiger partial charge in [-0.15, -0.1) is 0 Å². The summed E-state index contributed by atoms with van der Waals surface area (Å²) in [6.07, 6.45) is 3.25. The van der Waals surface area contributed by atoms with E-state index in [0.717, 1.165) is 10.9 Å². The normalized spacial score (nSPS) is 10.9. The molecule has 90 valence electrons. The average Bonchev–Trinajstić information content (AvgIpc) is 2.94. The second-order valence-electron chi connectivity index (χ2n) is 4.12.